The Morgan fingerprint density at radius 3 is 2.40 bits per heavy atom. The minimum atomic E-state index is -0.598. The van der Waals surface area contributed by atoms with Crippen molar-refractivity contribution in [3.8, 4) is 11.3 Å². The third-order valence-corrected chi connectivity index (χ3v) is 9.01. The third-order valence-electron chi connectivity index (χ3n) is 8.25. The number of nitrogens with zero attached hydrogens (tertiary/aromatic N) is 1. The van der Waals surface area contributed by atoms with E-state index in [1.807, 2.05) is 30.5 Å². The molecule has 2 amide bonds. The molecule has 3 aromatic carbocycles. The number of nitrogens with one attached hydrogen (secondary N) is 2. The smallest absolute Gasteiger partial charge is 0.251 e. The highest BCUT2D eigenvalue weighted by atomic mass is 32.1. The molecule has 40 heavy (non-hydrogen) atoms. The number of carbonyl (C=O) groups excluding carboxylic acids is 2. The van der Waals surface area contributed by atoms with E-state index in [2.05, 4.69) is 66.1 Å². The van der Waals surface area contributed by atoms with E-state index in [-0.39, 0.29) is 23.7 Å². The quantitative estimate of drug-likeness (QED) is 0.230. The Balaban J connectivity index is 1.19. The lowest BCUT2D eigenvalue weighted by Gasteiger charge is -2.50. The molecule has 2 bridgehead atoms. The van der Waals surface area contributed by atoms with Gasteiger partial charge in [-0.05, 0) is 61.1 Å². The van der Waals surface area contributed by atoms with Crippen LogP contribution in [-0.2, 0) is 9.53 Å². The molecule has 1 heterocycles. The van der Waals surface area contributed by atoms with Crippen LogP contribution in [0.25, 0.3) is 11.3 Å². The monoisotopic (exact) mass is 551 g/mol. The van der Waals surface area contributed by atoms with Gasteiger partial charge in [-0.15, -0.1) is 11.3 Å². The Labute approximate surface area is 238 Å². The Bertz CT molecular complexity index is 1520. The fourth-order valence-electron chi connectivity index (χ4n) is 6.34. The molecule has 3 aliphatic rings. The Hall–Kier alpha value is -3.81. The number of thiazole rings is 1. The number of rotatable bonds is 9. The summed E-state index contributed by atoms with van der Waals surface area (Å²) in [5.74, 6) is 0.0663. The van der Waals surface area contributed by atoms with Gasteiger partial charge in [-0.3, -0.25) is 9.59 Å². The molecule has 7 rings (SSSR count). The molecule has 0 fully saturated rings. The second-order valence-electron chi connectivity index (χ2n) is 10.7. The van der Waals surface area contributed by atoms with Crippen molar-refractivity contribution in [2.24, 2.45) is 5.41 Å². The van der Waals surface area contributed by atoms with E-state index >= 15 is 0 Å². The highest BCUT2D eigenvalue weighted by Gasteiger charge is 2.53. The highest BCUT2D eigenvalue weighted by molar-refractivity contribution is 7.14. The third kappa shape index (κ3) is 4.73. The maximum absolute atomic E-state index is 13.9. The lowest BCUT2D eigenvalue weighted by Crippen LogP contribution is -2.47. The van der Waals surface area contributed by atoms with Crippen molar-refractivity contribution in [1.82, 2.24) is 10.3 Å². The summed E-state index contributed by atoms with van der Waals surface area (Å²) >= 11 is 1.40. The molecule has 3 aliphatic carbocycles. The predicted molar refractivity (Wildman–Crippen MR) is 159 cm³/mol. The van der Waals surface area contributed by atoms with E-state index in [1.165, 1.54) is 33.6 Å². The van der Waals surface area contributed by atoms with Crippen LogP contribution in [0.5, 0.6) is 0 Å². The number of aromatic nitrogens is 1. The summed E-state index contributed by atoms with van der Waals surface area (Å²) in [5, 5.41) is 8.58. The molecule has 4 aromatic rings. The minimum Gasteiger partial charge on any atom is -0.382 e. The van der Waals surface area contributed by atoms with Crippen LogP contribution in [-0.4, -0.2) is 36.6 Å². The summed E-state index contributed by atoms with van der Waals surface area (Å²) in [6.45, 7) is 5.91. The summed E-state index contributed by atoms with van der Waals surface area (Å²) in [6.07, 6.45) is 1.53. The van der Waals surface area contributed by atoms with Crippen molar-refractivity contribution >= 4 is 28.3 Å². The zero-order chi connectivity index (χ0) is 27.7. The molecule has 0 saturated heterocycles. The molecule has 204 valence electrons. The molecule has 1 atom stereocenters. The number of fused-ring (bicyclic) bond motifs is 1. The SMILES string of the molecule is CCOCCCNC(=O)c1cccc(-c2csc(NC(=O)C3(C)CC4c5ccccc5C3c3ccccc34)n2)c1. The Morgan fingerprint density at radius 2 is 1.70 bits per heavy atom. The maximum Gasteiger partial charge on any atom is 0.251 e. The van der Waals surface area contributed by atoms with Gasteiger partial charge in [0.1, 0.15) is 0 Å². The molecular weight excluding hydrogens is 518 g/mol. The summed E-state index contributed by atoms with van der Waals surface area (Å²) in [5.41, 5.74) is 6.74. The molecule has 7 heteroatoms. The molecule has 2 N–H and O–H groups in total. The second kappa shape index (κ2) is 11.0. The van der Waals surface area contributed by atoms with Gasteiger partial charge in [-0.2, -0.15) is 0 Å². The van der Waals surface area contributed by atoms with E-state index in [0.717, 1.165) is 24.1 Å². The number of hydrogen-bond acceptors (Lipinski definition) is 5. The Morgan fingerprint density at radius 1 is 1.00 bits per heavy atom. The average molecular weight is 552 g/mol. The zero-order valence-corrected chi connectivity index (χ0v) is 23.6. The van der Waals surface area contributed by atoms with E-state index in [0.29, 0.717) is 30.5 Å². The van der Waals surface area contributed by atoms with Crippen LogP contribution in [0.2, 0.25) is 0 Å². The van der Waals surface area contributed by atoms with Crippen LogP contribution < -0.4 is 10.6 Å². The number of anilines is 1. The summed E-state index contributed by atoms with van der Waals surface area (Å²) < 4.78 is 5.33. The van der Waals surface area contributed by atoms with Crippen LogP contribution in [0.15, 0.2) is 78.2 Å². The van der Waals surface area contributed by atoms with Crippen molar-refractivity contribution in [3.63, 3.8) is 0 Å². The van der Waals surface area contributed by atoms with Gasteiger partial charge in [0, 0.05) is 48.1 Å². The van der Waals surface area contributed by atoms with E-state index in [4.69, 9.17) is 9.72 Å². The normalized spacial score (nSPS) is 20.4. The first-order valence-electron chi connectivity index (χ1n) is 13.9. The first-order valence-corrected chi connectivity index (χ1v) is 14.8. The van der Waals surface area contributed by atoms with Crippen molar-refractivity contribution in [3.05, 3.63) is 106 Å². The molecule has 1 unspecified atom stereocenters. The van der Waals surface area contributed by atoms with Gasteiger partial charge in [0.15, 0.2) is 5.13 Å². The maximum atomic E-state index is 13.9. The number of benzene rings is 3. The fourth-order valence-corrected chi connectivity index (χ4v) is 7.05. The van der Waals surface area contributed by atoms with Crippen LogP contribution in [0.1, 0.15) is 71.1 Å². The minimum absolute atomic E-state index is 0.00642. The van der Waals surface area contributed by atoms with Crippen LogP contribution >= 0.6 is 11.3 Å². The van der Waals surface area contributed by atoms with Crippen molar-refractivity contribution in [2.45, 2.75) is 38.5 Å². The lowest BCUT2D eigenvalue weighted by molar-refractivity contribution is -0.126. The van der Waals surface area contributed by atoms with Gasteiger partial charge in [-0.25, -0.2) is 4.98 Å². The molecule has 6 nitrogen and oxygen atoms in total. The largest absolute Gasteiger partial charge is 0.382 e. The number of ether oxygens (including phenoxy) is 1. The van der Waals surface area contributed by atoms with E-state index in [1.54, 1.807) is 6.07 Å². The standard InChI is InChI=1S/C33H33N3O3S/c1-3-39-17-9-16-34-30(37)22-11-8-10-21(18-22)28-20-40-32(35-28)36-31(38)33(2)19-27-23-12-4-6-14-25(23)29(33)26-15-7-5-13-24(26)27/h4-8,10-15,18,20,27,29H,3,9,16-17,19H2,1-2H3,(H,34,37)(H,35,36,38). The first kappa shape index (κ1) is 26.4. The predicted octanol–water partition coefficient (Wildman–Crippen LogP) is 6.59. The van der Waals surface area contributed by atoms with Gasteiger partial charge in [-0.1, -0.05) is 60.7 Å². The lowest BCUT2D eigenvalue weighted by atomic mass is 9.52. The van der Waals surface area contributed by atoms with Crippen molar-refractivity contribution in [1.29, 1.82) is 0 Å². The molecule has 0 spiro atoms. The Kier molecular flexibility index (Phi) is 7.26. The van der Waals surface area contributed by atoms with Crippen molar-refractivity contribution < 1.29 is 14.3 Å². The number of hydrogen-bond donors (Lipinski definition) is 2. The van der Waals surface area contributed by atoms with Crippen molar-refractivity contribution in [2.75, 3.05) is 25.1 Å². The zero-order valence-electron chi connectivity index (χ0n) is 22.8. The average Bonchev–Trinajstić information content (AvgIpc) is 3.45. The summed E-state index contributed by atoms with van der Waals surface area (Å²) in [4.78, 5) is 31.3. The summed E-state index contributed by atoms with van der Waals surface area (Å²) in [7, 11) is 0. The first-order chi connectivity index (χ1) is 19.5. The van der Waals surface area contributed by atoms with E-state index < -0.39 is 5.41 Å². The highest BCUT2D eigenvalue weighted by Crippen LogP contribution is 2.61. The summed E-state index contributed by atoms with van der Waals surface area (Å²) in [6, 6.07) is 24.5. The number of carbonyl (C=O) groups is 2. The van der Waals surface area contributed by atoms with Gasteiger partial charge in [0.05, 0.1) is 11.1 Å². The van der Waals surface area contributed by atoms with Crippen LogP contribution in [0.4, 0.5) is 5.13 Å². The molecule has 1 aromatic heterocycles. The van der Waals surface area contributed by atoms with Gasteiger partial charge >= 0.3 is 0 Å². The van der Waals surface area contributed by atoms with Gasteiger partial charge < -0.3 is 15.4 Å². The van der Waals surface area contributed by atoms with Gasteiger partial charge in [0.2, 0.25) is 5.91 Å². The van der Waals surface area contributed by atoms with Crippen LogP contribution in [0.3, 0.4) is 0 Å². The number of amides is 2. The molecule has 0 aliphatic heterocycles. The van der Waals surface area contributed by atoms with E-state index in [9.17, 15) is 9.59 Å². The second-order valence-corrected chi connectivity index (χ2v) is 11.6. The molecule has 0 radical (unpaired) electrons. The molecular formula is C33H33N3O3S. The topological polar surface area (TPSA) is 80.3 Å². The van der Waals surface area contributed by atoms with Gasteiger partial charge in [0.25, 0.3) is 5.91 Å². The molecule has 0 saturated carbocycles. The van der Waals surface area contributed by atoms with Crippen LogP contribution in [0, 0.1) is 5.41 Å². The fraction of sp³-hybridized carbons (Fsp3) is 0.303.